The van der Waals surface area contributed by atoms with Crippen molar-refractivity contribution in [1.82, 2.24) is 29.4 Å². The van der Waals surface area contributed by atoms with Crippen LogP contribution in [0.15, 0.2) is 47.7 Å². The smallest absolute Gasteiger partial charge is 0.269 e. The van der Waals surface area contributed by atoms with E-state index < -0.39 is 11.6 Å². The normalized spacial score (nSPS) is 14.6. The molecule has 0 bridgehead atoms. The third-order valence-electron chi connectivity index (χ3n) is 6.93. The third kappa shape index (κ3) is 5.06. The van der Waals surface area contributed by atoms with Gasteiger partial charge >= 0.3 is 0 Å². The van der Waals surface area contributed by atoms with Gasteiger partial charge in [0.15, 0.2) is 11.6 Å². The first-order valence-corrected chi connectivity index (χ1v) is 12.6. The van der Waals surface area contributed by atoms with Gasteiger partial charge < -0.3 is 19.7 Å². The van der Waals surface area contributed by atoms with Crippen molar-refractivity contribution in [2.24, 2.45) is 0 Å². The standard InChI is InChI=1S/C27H30F2N8O/c1-16(2)37-22-12-17(11-20(28)26(22)31-15-24(37)38)25-21(29)14-32-27(34-25)33-23-6-5-19(13-30-23)36-9-7-18(8-10-36)35(3)4/h5-6,11-16,18H,7-10H2,1-4H3,(H,30,32,33,34). The lowest BCUT2D eigenvalue weighted by atomic mass is 10.0. The number of piperidine rings is 1. The largest absolute Gasteiger partial charge is 0.370 e. The van der Waals surface area contributed by atoms with Gasteiger partial charge in [0.2, 0.25) is 5.95 Å². The minimum atomic E-state index is -0.721. The molecule has 3 aromatic heterocycles. The van der Waals surface area contributed by atoms with E-state index in [2.05, 4.69) is 49.1 Å². The van der Waals surface area contributed by atoms with E-state index in [4.69, 9.17) is 0 Å². The van der Waals surface area contributed by atoms with Crippen LogP contribution in [0, 0.1) is 11.6 Å². The molecule has 198 valence electrons. The van der Waals surface area contributed by atoms with Crippen molar-refractivity contribution < 1.29 is 8.78 Å². The molecule has 1 saturated heterocycles. The quantitative estimate of drug-likeness (QED) is 0.401. The Morgan fingerprint density at radius 3 is 2.42 bits per heavy atom. The summed E-state index contributed by atoms with van der Waals surface area (Å²) in [7, 11) is 4.23. The first-order valence-electron chi connectivity index (χ1n) is 12.6. The molecule has 1 aliphatic heterocycles. The fourth-order valence-corrected chi connectivity index (χ4v) is 4.90. The van der Waals surface area contributed by atoms with Gasteiger partial charge in [-0.3, -0.25) is 4.79 Å². The molecular weight excluding hydrogens is 490 g/mol. The van der Waals surface area contributed by atoms with E-state index in [-0.39, 0.29) is 39.8 Å². The fraction of sp³-hybridized carbons (Fsp3) is 0.370. The van der Waals surface area contributed by atoms with Gasteiger partial charge in [0.1, 0.15) is 17.0 Å². The number of nitrogens with zero attached hydrogens (tertiary/aromatic N) is 7. The lowest BCUT2D eigenvalue weighted by molar-refractivity contribution is 0.249. The van der Waals surface area contributed by atoms with Crippen molar-refractivity contribution in [3.63, 3.8) is 0 Å². The van der Waals surface area contributed by atoms with Gasteiger partial charge in [0.05, 0.1) is 29.8 Å². The van der Waals surface area contributed by atoms with Crippen LogP contribution in [-0.2, 0) is 0 Å². The molecule has 1 aromatic carbocycles. The highest BCUT2D eigenvalue weighted by Gasteiger charge is 2.21. The highest BCUT2D eigenvalue weighted by atomic mass is 19.1. The van der Waals surface area contributed by atoms with Crippen LogP contribution in [0.4, 0.5) is 26.2 Å². The van der Waals surface area contributed by atoms with Crippen molar-refractivity contribution in [3.8, 4) is 11.3 Å². The lowest BCUT2D eigenvalue weighted by Gasteiger charge is -2.36. The molecule has 0 atom stereocenters. The SMILES string of the molecule is CC(C)n1c(=O)cnc2c(F)cc(-c3nc(Nc4ccc(N5CCC(N(C)C)CC5)cn4)ncc3F)cc21. The second-order valence-electron chi connectivity index (χ2n) is 9.98. The number of halogens is 2. The maximum atomic E-state index is 15.0. The molecule has 1 aliphatic rings. The van der Waals surface area contributed by atoms with Crippen LogP contribution in [-0.4, -0.2) is 62.6 Å². The Morgan fingerprint density at radius 2 is 1.76 bits per heavy atom. The molecule has 4 heterocycles. The first-order chi connectivity index (χ1) is 18.2. The number of benzene rings is 1. The molecule has 1 N–H and O–H groups in total. The Hall–Kier alpha value is -3.99. The van der Waals surface area contributed by atoms with E-state index >= 15 is 0 Å². The zero-order chi connectivity index (χ0) is 27.0. The lowest BCUT2D eigenvalue weighted by Crippen LogP contribution is -2.42. The number of fused-ring (bicyclic) bond motifs is 1. The molecule has 0 radical (unpaired) electrons. The van der Waals surface area contributed by atoms with Crippen molar-refractivity contribution >= 4 is 28.5 Å². The summed E-state index contributed by atoms with van der Waals surface area (Å²) in [4.78, 5) is 33.7. The van der Waals surface area contributed by atoms with E-state index in [0.717, 1.165) is 50.1 Å². The summed E-state index contributed by atoms with van der Waals surface area (Å²) in [5.74, 6) is -0.786. The van der Waals surface area contributed by atoms with E-state index in [1.165, 1.54) is 10.6 Å². The van der Waals surface area contributed by atoms with Crippen molar-refractivity contribution in [1.29, 1.82) is 0 Å². The van der Waals surface area contributed by atoms with Crippen molar-refractivity contribution in [3.05, 3.63) is 64.8 Å². The summed E-state index contributed by atoms with van der Waals surface area (Å²) in [6.45, 7) is 5.54. The van der Waals surface area contributed by atoms with E-state index in [0.29, 0.717) is 11.9 Å². The van der Waals surface area contributed by atoms with Gasteiger partial charge in [-0.2, -0.15) is 0 Å². The number of rotatable bonds is 6. The molecule has 0 unspecified atom stereocenters. The Balaban J connectivity index is 1.40. The average molecular weight is 521 g/mol. The highest BCUT2D eigenvalue weighted by Crippen LogP contribution is 2.28. The van der Waals surface area contributed by atoms with Crippen molar-refractivity contribution in [2.75, 3.05) is 37.4 Å². The van der Waals surface area contributed by atoms with Crippen LogP contribution < -0.4 is 15.8 Å². The summed E-state index contributed by atoms with van der Waals surface area (Å²) in [6, 6.07) is 6.83. The monoisotopic (exact) mass is 520 g/mol. The minimum Gasteiger partial charge on any atom is -0.370 e. The third-order valence-corrected chi connectivity index (χ3v) is 6.93. The number of pyridine rings is 1. The van der Waals surface area contributed by atoms with E-state index in [1.807, 2.05) is 26.0 Å². The zero-order valence-electron chi connectivity index (χ0n) is 21.8. The summed E-state index contributed by atoms with van der Waals surface area (Å²) in [5.41, 5.74) is 1.03. The maximum Gasteiger partial charge on any atom is 0.269 e. The Morgan fingerprint density at radius 1 is 1.00 bits per heavy atom. The molecule has 11 heteroatoms. The highest BCUT2D eigenvalue weighted by molar-refractivity contribution is 5.82. The van der Waals surface area contributed by atoms with Gasteiger partial charge in [-0.05, 0) is 65.0 Å². The number of hydrogen-bond donors (Lipinski definition) is 1. The fourth-order valence-electron chi connectivity index (χ4n) is 4.90. The van der Waals surface area contributed by atoms with Crippen LogP contribution in [0.1, 0.15) is 32.7 Å². The Labute approximate surface area is 219 Å². The van der Waals surface area contributed by atoms with E-state index in [1.54, 1.807) is 6.20 Å². The zero-order valence-corrected chi connectivity index (χ0v) is 21.8. The average Bonchev–Trinajstić information content (AvgIpc) is 2.89. The predicted octanol–water partition coefficient (Wildman–Crippen LogP) is 4.38. The Bertz CT molecular complexity index is 1510. The Kier molecular flexibility index (Phi) is 7.02. The molecule has 0 aliphatic carbocycles. The summed E-state index contributed by atoms with van der Waals surface area (Å²) < 4.78 is 31.2. The van der Waals surface area contributed by atoms with Crippen LogP contribution in [0.3, 0.4) is 0 Å². The van der Waals surface area contributed by atoms with E-state index in [9.17, 15) is 13.6 Å². The van der Waals surface area contributed by atoms with Crippen LogP contribution in [0.5, 0.6) is 0 Å². The molecule has 0 amide bonds. The molecular formula is C27H30F2N8O. The molecule has 9 nitrogen and oxygen atoms in total. The van der Waals surface area contributed by atoms with Crippen LogP contribution in [0.2, 0.25) is 0 Å². The molecule has 5 rings (SSSR count). The maximum absolute atomic E-state index is 15.0. The van der Waals surface area contributed by atoms with Gasteiger partial charge in [-0.15, -0.1) is 0 Å². The number of aromatic nitrogens is 5. The van der Waals surface area contributed by atoms with Crippen LogP contribution in [0.25, 0.3) is 22.3 Å². The van der Waals surface area contributed by atoms with Crippen molar-refractivity contribution in [2.45, 2.75) is 38.8 Å². The summed E-state index contributed by atoms with van der Waals surface area (Å²) >= 11 is 0. The molecule has 4 aromatic rings. The number of nitrogens with one attached hydrogen (secondary N) is 1. The number of anilines is 3. The minimum absolute atomic E-state index is 0.0325. The first kappa shape index (κ1) is 25.7. The van der Waals surface area contributed by atoms with Gasteiger partial charge in [-0.1, -0.05) is 0 Å². The predicted molar refractivity (Wildman–Crippen MR) is 144 cm³/mol. The van der Waals surface area contributed by atoms with Gasteiger partial charge in [0, 0.05) is 30.7 Å². The second kappa shape index (κ2) is 10.4. The van der Waals surface area contributed by atoms with Crippen LogP contribution >= 0.6 is 0 Å². The van der Waals surface area contributed by atoms with Gasteiger partial charge in [-0.25, -0.2) is 28.7 Å². The molecule has 1 fully saturated rings. The molecule has 38 heavy (non-hydrogen) atoms. The number of hydrogen-bond acceptors (Lipinski definition) is 8. The summed E-state index contributed by atoms with van der Waals surface area (Å²) in [6.07, 6.45) is 6.09. The topological polar surface area (TPSA) is 92.1 Å². The molecule has 0 spiro atoms. The van der Waals surface area contributed by atoms with Gasteiger partial charge in [0.25, 0.3) is 5.56 Å². The summed E-state index contributed by atoms with van der Waals surface area (Å²) in [5, 5.41) is 3.00. The second-order valence-corrected chi connectivity index (χ2v) is 9.98. The molecule has 0 saturated carbocycles.